The van der Waals surface area contributed by atoms with Crippen LogP contribution in [0, 0.1) is 13.8 Å². The van der Waals surface area contributed by atoms with Gasteiger partial charge in [0, 0.05) is 17.3 Å². The van der Waals surface area contributed by atoms with E-state index in [4.69, 9.17) is 12.2 Å². The molecule has 0 saturated heterocycles. The average molecular weight is 315 g/mol. The van der Waals surface area contributed by atoms with Gasteiger partial charge in [0.25, 0.3) is 0 Å². The summed E-state index contributed by atoms with van der Waals surface area (Å²) >= 11 is 5.17. The molecule has 0 atom stereocenters. The third-order valence-electron chi connectivity index (χ3n) is 3.24. The summed E-state index contributed by atoms with van der Waals surface area (Å²) in [5, 5.41) is 26.2. The fourth-order valence-electron chi connectivity index (χ4n) is 1.84. The largest absolute Gasteiger partial charge is 0.508 e. The van der Waals surface area contributed by atoms with Gasteiger partial charge in [0.1, 0.15) is 11.5 Å². The van der Waals surface area contributed by atoms with E-state index in [-0.39, 0.29) is 11.5 Å². The molecule has 2 aromatic rings. The number of aromatic hydroxyl groups is 2. The van der Waals surface area contributed by atoms with E-state index in [1.54, 1.807) is 6.07 Å². The zero-order valence-electron chi connectivity index (χ0n) is 12.3. The van der Waals surface area contributed by atoms with Crippen LogP contribution in [0.5, 0.6) is 11.5 Å². The number of rotatable bonds is 3. The summed E-state index contributed by atoms with van der Waals surface area (Å²) in [6.07, 6.45) is 1.42. The minimum Gasteiger partial charge on any atom is -0.508 e. The molecule has 5 nitrogen and oxygen atoms in total. The van der Waals surface area contributed by atoms with Gasteiger partial charge in [-0.2, -0.15) is 5.10 Å². The smallest absolute Gasteiger partial charge is 0.191 e. The summed E-state index contributed by atoms with van der Waals surface area (Å²) in [7, 11) is 0. The fraction of sp³-hybridized carbons (Fsp3) is 0.125. The minimum atomic E-state index is -0.0565. The number of anilines is 1. The van der Waals surface area contributed by atoms with Crippen molar-refractivity contribution in [1.29, 1.82) is 0 Å². The molecule has 0 unspecified atom stereocenters. The molecule has 0 amide bonds. The average Bonchev–Trinajstić information content (AvgIpc) is 2.46. The van der Waals surface area contributed by atoms with Gasteiger partial charge in [0.2, 0.25) is 0 Å². The van der Waals surface area contributed by atoms with E-state index in [2.05, 4.69) is 15.8 Å². The van der Waals surface area contributed by atoms with Crippen LogP contribution in [0.25, 0.3) is 0 Å². The van der Waals surface area contributed by atoms with Crippen molar-refractivity contribution in [1.82, 2.24) is 5.43 Å². The monoisotopic (exact) mass is 315 g/mol. The Morgan fingerprint density at radius 3 is 2.68 bits per heavy atom. The number of aryl methyl sites for hydroxylation is 1. The lowest BCUT2D eigenvalue weighted by Gasteiger charge is -2.11. The zero-order valence-corrected chi connectivity index (χ0v) is 13.1. The van der Waals surface area contributed by atoms with Crippen molar-refractivity contribution in [3.63, 3.8) is 0 Å². The van der Waals surface area contributed by atoms with Gasteiger partial charge >= 0.3 is 0 Å². The van der Waals surface area contributed by atoms with E-state index in [9.17, 15) is 10.2 Å². The van der Waals surface area contributed by atoms with Gasteiger partial charge in [-0.25, -0.2) is 0 Å². The first-order valence-electron chi connectivity index (χ1n) is 6.65. The molecule has 0 fully saturated rings. The molecule has 0 bridgehead atoms. The normalized spacial score (nSPS) is 10.6. The molecule has 2 aromatic carbocycles. The number of phenolic OH excluding ortho intramolecular Hbond substituents is 2. The molecular formula is C16H17N3O2S. The highest BCUT2D eigenvalue weighted by Crippen LogP contribution is 2.20. The lowest BCUT2D eigenvalue weighted by molar-refractivity contribution is 0.450. The van der Waals surface area contributed by atoms with E-state index < -0.39 is 0 Å². The predicted molar refractivity (Wildman–Crippen MR) is 92.6 cm³/mol. The topological polar surface area (TPSA) is 76.9 Å². The molecule has 6 heteroatoms. The molecular weight excluding hydrogens is 298 g/mol. The maximum absolute atomic E-state index is 9.63. The van der Waals surface area contributed by atoms with Gasteiger partial charge in [-0.3, -0.25) is 5.43 Å². The van der Waals surface area contributed by atoms with Crippen LogP contribution in [0.15, 0.2) is 41.5 Å². The highest BCUT2D eigenvalue weighted by atomic mass is 32.1. The second kappa shape index (κ2) is 6.91. The van der Waals surface area contributed by atoms with Gasteiger partial charge in [0.05, 0.1) is 6.21 Å². The molecule has 0 saturated carbocycles. The highest BCUT2D eigenvalue weighted by Gasteiger charge is 2.02. The molecule has 0 heterocycles. The number of benzene rings is 2. The van der Waals surface area contributed by atoms with Crippen molar-refractivity contribution in [2.24, 2.45) is 5.10 Å². The predicted octanol–water partition coefficient (Wildman–Crippen LogP) is 3.04. The molecule has 0 radical (unpaired) electrons. The van der Waals surface area contributed by atoms with Crippen LogP contribution in [-0.2, 0) is 0 Å². The molecule has 2 rings (SSSR count). The minimum absolute atomic E-state index is 0.00489. The summed E-state index contributed by atoms with van der Waals surface area (Å²) in [6.45, 7) is 4.04. The first kappa shape index (κ1) is 15.8. The summed E-state index contributed by atoms with van der Waals surface area (Å²) in [5.74, 6) is -0.0614. The van der Waals surface area contributed by atoms with Crippen molar-refractivity contribution in [3.8, 4) is 11.5 Å². The van der Waals surface area contributed by atoms with Crippen LogP contribution < -0.4 is 10.7 Å². The Bertz CT molecular complexity index is 729. The number of hydrogen-bond acceptors (Lipinski definition) is 4. The Morgan fingerprint density at radius 2 is 1.95 bits per heavy atom. The Labute approximate surface area is 134 Å². The first-order valence-corrected chi connectivity index (χ1v) is 7.06. The first-order chi connectivity index (χ1) is 10.5. The number of hydrazone groups is 1. The van der Waals surface area contributed by atoms with Crippen LogP contribution in [-0.4, -0.2) is 21.5 Å². The van der Waals surface area contributed by atoms with Crippen molar-refractivity contribution in [3.05, 3.63) is 53.1 Å². The van der Waals surface area contributed by atoms with Crippen molar-refractivity contribution >= 4 is 29.2 Å². The van der Waals surface area contributed by atoms with E-state index in [1.807, 2.05) is 32.0 Å². The van der Waals surface area contributed by atoms with Crippen molar-refractivity contribution < 1.29 is 10.2 Å². The van der Waals surface area contributed by atoms with Gasteiger partial charge in [-0.15, -0.1) is 0 Å². The molecule has 0 aliphatic rings. The Kier molecular flexibility index (Phi) is 4.95. The molecule has 0 aliphatic heterocycles. The van der Waals surface area contributed by atoms with Gasteiger partial charge in [-0.05, 0) is 55.4 Å². The Hall–Kier alpha value is -2.60. The number of thiocarbonyl (C=S) groups is 1. The summed E-state index contributed by atoms with van der Waals surface area (Å²) in [4.78, 5) is 0. The maximum atomic E-state index is 9.63. The molecule has 0 spiro atoms. The van der Waals surface area contributed by atoms with Crippen molar-refractivity contribution in [2.75, 3.05) is 5.32 Å². The molecule has 0 aromatic heterocycles. The summed E-state index contributed by atoms with van der Waals surface area (Å²) in [6, 6.07) is 10.2. The maximum Gasteiger partial charge on any atom is 0.191 e. The van der Waals surface area contributed by atoms with Crippen LogP contribution >= 0.6 is 12.2 Å². The van der Waals surface area contributed by atoms with E-state index in [0.29, 0.717) is 10.7 Å². The van der Waals surface area contributed by atoms with Crippen LogP contribution in [0.3, 0.4) is 0 Å². The van der Waals surface area contributed by atoms with Gasteiger partial charge in [0.15, 0.2) is 5.11 Å². The SMILES string of the molecule is Cc1cccc(NC(=S)N/N=C/c2ccc(O)cc2O)c1C. The molecule has 0 aliphatic carbocycles. The van der Waals surface area contributed by atoms with E-state index in [0.717, 1.165) is 11.3 Å². The molecule has 22 heavy (non-hydrogen) atoms. The molecule has 4 N–H and O–H groups in total. The van der Waals surface area contributed by atoms with Crippen LogP contribution in [0.4, 0.5) is 5.69 Å². The summed E-state index contributed by atoms with van der Waals surface area (Å²) < 4.78 is 0. The summed E-state index contributed by atoms with van der Waals surface area (Å²) in [5.41, 5.74) is 6.36. The highest BCUT2D eigenvalue weighted by molar-refractivity contribution is 7.80. The fourth-order valence-corrected chi connectivity index (χ4v) is 2.00. The lowest BCUT2D eigenvalue weighted by Crippen LogP contribution is -2.24. The Balaban J connectivity index is 1.98. The standard InChI is InChI=1S/C16H17N3O2S/c1-10-4-3-5-14(11(10)2)18-16(22)19-17-9-12-6-7-13(20)8-15(12)21/h3-9,20-21H,1-2H3,(H2,18,19,22)/b17-9+. The number of nitrogens with one attached hydrogen (secondary N) is 2. The van der Waals surface area contributed by atoms with Crippen LogP contribution in [0.2, 0.25) is 0 Å². The lowest BCUT2D eigenvalue weighted by atomic mass is 10.1. The number of hydrogen-bond donors (Lipinski definition) is 4. The second-order valence-electron chi connectivity index (χ2n) is 4.81. The van der Waals surface area contributed by atoms with Crippen LogP contribution in [0.1, 0.15) is 16.7 Å². The van der Waals surface area contributed by atoms with E-state index in [1.165, 1.54) is 23.9 Å². The Morgan fingerprint density at radius 1 is 1.18 bits per heavy atom. The number of nitrogens with zero attached hydrogens (tertiary/aromatic N) is 1. The molecule has 114 valence electrons. The zero-order chi connectivity index (χ0) is 16.1. The third-order valence-corrected chi connectivity index (χ3v) is 3.43. The number of phenols is 2. The van der Waals surface area contributed by atoms with Gasteiger partial charge in [-0.1, -0.05) is 12.1 Å². The van der Waals surface area contributed by atoms with E-state index >= 15 is 0 Å². The third kappa shape index (κ3) is 3.95. The van der Waals surface area contributed by atoms with Gasteiger partial charge < -0.3 is 15.5 Å². The van der Waals surface area contributed by atoms with Crippen molar-refractivity contribution in [2.45, 2.75) is 13.8 Å². The quantitative estimate of drug-likeness (QED) is 0.398. The second-order valence-corrected chi connectivity index (χ2v) is 5.22.